The van der Waals surface area contributed by atoms with Gasteiger partial charge in [-0.1, -0.05) is 48.0 Å². The number of benzene rings is 3. The van der Waals surface area contributed by atoms with Gasteiger partial charge in [0.2, 0.25) is 11.8 Å². The van der Waals surface area contributed by atoms with Crippen molar-refractivity contribution in [2.75, 3.05) is 19.6 Å². The van der Waals surface area contributed by atoms with Gasteiger partial charge in [0, 0.05) is 56.2 Å². The van der Waals surface area contributed by atoms with Gasteiger partial charge >= 0.3 is 0 Å². The van der Waals surface area contributed by atoms with Crippen molar-refractivity contribution in [1.29, 1.82) is 0 Å². The van der Waals surface area contributed by atoms with Crippen LogP contribution in [-0.4, -0.2) is 53.2 Å². The average molecular weight is 644 g/mol. The number of fused-ring (bicyclic) bond motifs is 1. The van der Waals surface area contributed by atoms with Gasteiger partial charge in [-0.2, -0.15) is 0 Å². The molecule has 0 radical (unpaired) electrons. The maximum atomic E-state index is 14.0. The summed E-state index contributed by atoms with van der Waals surface area (Å²) in [5.41, 5.74) is 2.61. The van der Waals surface area contributed by atoms with Gasteiger partial charge < -0.3 is 19.5 Å². The minimum Gasteiger partial charge on any atom is -0.451 e. The molecule has 1 atom stereocenters. The molecular formula is C36H35ClFN3O5. The van der Waals surface area contributed by atoms with Crippen LogP contribution in [0.2, 0.25) is 5.02 Å². The van der Waals surface area contributed by atoms with E-state index in [1.165, 1.54) is 11.6 Å². The summed E-state index contributed by atoms with van der Waals surface area (Å²) in [5.74, 6) is -1.47. The Kier molecular flexibility index (Phi) is 9.49. The summed E-state index contributed by atoms with van der Waals surface area (Å²) >= 11 is 6.07. The van der Waals surface area contributed by atoms with Crippen molar-refractivity contribution in [2.45, 2.75) is 57.0 Å². The molecule has 0 saturated carbocycles. The summed E-state index contributed by atoms with van der Waals surface area (Å²) in [6, 6.07) is 18.9. The molecule has 3 aromatic carbocycles. The van der Waals surface area contributed by atoms with E-state index in [2.05, 4.69) is 17.4 Å². The zero-order chi connectivity index (χ0) is 32.2. The van der Waals surface area contributed by atoms with Crippen LogP contribution < -0.4 is 10.7 Å². The third kappa shape index (κ3) is 7.15. The minimum absolute atomic E-state index is 0.0507. The molecule has 8 nitrogen and oxygen atoms in total. The summed E-state index contributed by atoms with van der Waals surface area (Å²) in [6.45, 7) is 2.37. The fourth-order valence-electron chi connectivity index (χ4n) is 6.47. The molecule has 0 unspecified atom stereocenters. The van der Waals surface area contributed by atoms with E-state index in [-0.39, 0.29) is 40.9 Å². The van der Waals surface area contributed by atoms with E-state index in [9.17, 15) is 23.6 Å². The third-order valence-corrected chi connectivity index (χ3v) is 9.21. The second kappa shape index (κ2) is 13.9. The number of hydrogen-bond acceptors (Lipinski definition) is 5. The number of rotatable bonds is 8. The van der Waals surface area contributed by atoms with Crippen LogP contribution in [0.1, 0.15) is 65.3 Å². The molecule has 2 aliphatic rings. The number of nitrogens with one attached hydrogen (secondary N) is 1. The lowest BCUT2D eigenvalue weighted by molar-refractivity contribution is -0.135. The summed E-state index contributed by atoms with van der Waals surface area (Å²) in [6.07, 6.45) is 4.24. The second-order valence-electron chi connectivity index (χ2n) is 12.0. The smallest absolute Gasteiger partial charge is 0.287 e. The van der Waals surface area contributed by atoms with E-state index >= 15 is 0 Å². The summed E-state index contributed by atoms with van der Waals surface area (Å²) in [7, 11) is 0. The Hall–Kier alpha value is -4.50. The highest BCUT2D eigenvalue weighted by Crippen LogP contribution is 2.32. The molecule has 10 heteroatoms. The van der Waals surface area contributed by atoms with Crippen LogP contribution in [0.25, 0.3) is 11.0 Å². The van der Waals surface area contributed by atoms with E-state index in [4.69, 9.17) is 16.0 Å². The molecule has 1 N–H and O–H groups in total. The van der Waals surface area contributed by atoms with Crippen LogP contribution in [0.3, 0.4) is 0 Å². The van der Waals surface area contributed by atoms with Crippen molar-refractivity contribution in [3.8, 4) is 0 Å². The Morgan fingerprint density at radius 2 is 1.72 bits per heavy atom. The summed E-state index contributed by atoms with van der Waals surface area (Å²) in [4.78, 5) is 56.2. The molecule has 1 aromatic heterocycles. The van der Waals surface area contributed by atoms with Gasteiger partial charge in [0.1, 0.15) is 17.4 Å². The standard InChI is InChI=1S/C36H35ClFN3O5/c37-26-10-8-23(9-11-26)19-30(39-35(44)33-21-31(42)29-13-12-27(38)20-32(29)46-33)36(45)40-17-14-24(15-18-40)28-6-2-1-5-25(28)22-41-16-4-3-7-34(41)43/h1-2,5-6,8-13,20-21,24,30H,3-4,7,14-19,22H2,(H,39,44)/t30-/m1/s1. The molecule has 0 bridgehead atoms. The first kappa shape index (κ1) is 31.5. The fraction of sp³-hybridized carbons (Fsp3) is 0.333. The normalized spacial score (nSPS) is 16.4. The molecule has 46 heavy (non-hydrogen) atoms. The highest BCUT2D eigenvalue weighted by molar-refractivity contribution is 6.30. The van der Waals surface area contributed by atoms with Gasteiger partial charge in [-0.05, 0) is 72.6 Å². The van der Waals surface area contributed by atoms with E-state index in [1.807, 2.05) is 17.0 Å². The lowest BCUT2D eigenvalue weighted by Crippen LogP contribution is -2.51. The number of likely N-dealkylation sites (tertiary alicyclic amines) is 2. The molecule has 0 spiro atoms. The number of piperidine rings is 2. The maximum absolute atomic E-state index is 14.0. The van der Waals surface area contributed by atoms with Crippen molar-refractivity contribution in [2.24, 2.45) is 0 Å². The number of halogens is 2. The molecule has 6 rings (SSSR count). The summed E-state index contributed by atoms with van der Waals surface area (Å²) in [5, 5.41) is 3.48. The zero-order valence-corrected chi connectivity index (χ0v) is 26.1. The molecule has 3 heterocycles. The quantitative estimate of drug-likeness (QED) is 0.260. The highest BCUT2D eigenvalue weighted by atomic mass is 35.5. The maximum Gasteiger partial charge on any atom is 0.287 e. The van der Waals surface area contributed by atoms with E-state index in [0.717, 1.165) is 61.6 Å². The SMILES string of the molecule is O=C(N[C@H](Cc1ccc(Cl)cc1)C(=O)N1CCC(c2ccccc2CN2CCCCC2=O)CC1)c1cc(=O)c2ccc(F)cc2o1. The van der Waals surface area contributed by atoms with E-state index in [1.54, 1.807) is 29.2 Å². The highest BCUT2D eigenvalue weighted by Gasteiger charge is 2.32. The molecule has 2 aliphatic heterocycles. The monoisotopic (exact) mass is 643 g/mol. The molecule has 2 fully saturated rings. The Labute approximate surface area is 271 Å². The number of carbonyl (C=O) groups excluding carboxylic acids is 3. The van der Waals surface area contributed by atoms with E-state index < -0.39 is 23.2 Å². The summed E-state index contributed by atoms with van der Waals surface area (Å²) < 4.78 is 19.4. The number of nitrogens with zero attached hydrogens (tertiary/aromatic N) is 2. The first-order chi connectivity index (χ1) is 22.2. The van der Waals surface area contributed by atoms with Crippen molar-refractivity contribution >= 4 is 40.3 Å². The van der Waals surface area contributed by atoms with Gasteiger partial charge in [-0.3, -0.25) is 19.2 Å². The molecule has 3 amide bonds. The van der Waals surface area contributed by atoms with Gasteiger partial charge in [0.05, 0.1) is 5.39 Å². The number of carbonyl (C=O) groups is 3. The lowest BCUT2D eigenvalue weighted by atomic mass is 9.86. The average Bonchev–Trinajstić information content (AvgIpc) is 3.06. The largest absolute Gasteiger partial charge is 0.451 e. The van der Waals surface area contributed by atoms with Crippen molar-refractivity contribution in [3.63, 3.8) is 0 Å². The number of hydrogen-bond donors (Lipinski definition) is 1. The van der Waals surface area contributed by atoms with Crippen molar-refractivity contribution in [3.05, 3.63) is 116 Å². The topological polar surface area (TPSA) is 99.9 Å². The molecule has 0 aliphatic carbocycles. The van der Waals surface area contributed by atoms with E-state index in [0.29, 0.717) is 31.1 Å². The van der Waals surface area contributed by atoms with Crippen LogP contribution in [0.5, 0.6) is 0 Å². The Morgan fingerprint density at radius 3 is 2.48 bits per heavy atom. The zero-order valence-electron chi connectivity index (χ0n) is 25.3. The minimum atomic E-state index is -0.948. The van der Waals surface area contributed by atoms with Crippen LogP contribution >= 0.6 is 11.6 Å². The Morgan fingerprint density at radius 1 is 0.957 bits per heavy atom. The van der Waals surface area contributed by atoms with Crippen LogP contribution in [-0.2, 0) is 22.6 Å². The molecule has 2 saturated heterocycles. The Bertz CT molecular complexity index is 1820. The van der Waals surface area contributed by atoms with Crippen LogP contribution in [0.4, 0.5) is 4.39 Å². The predicted octanol–water partition coefficient (Wildman–Crippen LogP) is 5.85. The first-order valence-electron chi connectivity index (χ1n) is 15.7. The molecular weight excluding hydrogens is 609 g/mol. The van der Waals surface area contributed by atoms with Gasteiger partial charge in [-0.25, -0.2) is 4.39 Å². The second-order valence-corrected chi connectivity index (χ2v) is 12.5. The van der Waals surface area contributed by atoms with Gasteiger partial charge in [0.15, 0.2) is 11.2 Å². The number of amides is 3. The van der Waals surface area contributed by atoms with Gasteiger partial charge in [0.25, 0.3) is 5.91 Å². The van der Waals surface area contributed by atoms with Crippen molar-refractivity contribution in [1.82, 2.24) is 15.1 Å². The van der Waals surface area contributed by atoms with Crippen LogP contribution in [0, 0.1) is 5.82 Å². The lowest BCUT2D eigenvalue weighted by Gasteiger charge is -2.36. The third-order valence-electron chi connectivity index (χ3n) is 8.96. The Balaban J connectivity index is 1.18. The first-order valence-corrected chi connectivity index (χ1v) is 16.1. The van der Waals surface area contributed by atoms with Crippen molar-refractivity contribution < 1.29 is 23.2 Å². The van der Waals surface area contributed by atoms with Crippen LogP contribution in [0.15, 0.2) is 82.0 Å². The predicted molar refractivity (Wildman–Crippen MR) is 173 cm³/mol. The fourth-order valence-corrected chi connectivity index (χ4v) is 6.59. The molecule has 238 valence electrons. The molecule has 4 aromatic rings. The van der Waals surface area contributed by atoms with Gasteiger partial charge in [-0.15, -0.1) is 0 Å².